The van der Waals surface area contributed by atoms with Crippen LogP contribution in [0, 0.1) is 36.8 Å². The molecule has 0 aliphatic rings. The highest BCUT2D eigenvalue weighted by molar-refractivity contribution is 7.92. The molecular weight excluding hydrogens is 618 g/mol. The smallest absolute Gasteiger partial charge is 0.279 e. The number of benzene rings is 2. The minimum absolute atomic E-state index is 0.0131. The van der Waals surface area contributed by atoms with Crippen molar-refractivity contribution in [2.24, 2.45) is 0 Å². The Bertz CT molecular complexity index is 2320. The second-order valence-corrected chi connectivity index (χ2v) is 11.8. The lowest BCUT2D eigenvalue weighted by atomic mass is 10.1. The Balaban J connectivity index is 1.26. The Morgan fingerprint density at radius 2 is 1.78 bits per heavy atom. The number of anilines is 2. The van der Waals surface area contributed by atoms with Crippen LogP contribution in [-0.2, 0) is 10.0 Å². The number of pyridine rings is 2. The molecule has 230 valence electrons. The van der Waals surface area contributed by atoms with E-state index in [-0.39, 0.29) is 39.4 Å². The third-order valence-corrected chi connectivity index (χ3v) is 8.30. The molecular formula is C31H22F2N8O4S. The number of ketones is 1. The number of ether oxygens (including phenoxy) is 1. The van der Waals surface area contributed by atoms with E-state index in [1.165, 1.54) is 47.4 Å². The van der Waals surface area contributed by atoms with Crippen LogP contribution in [0.1, 0.15) is 32.9 Å². The second kappa shape index (κ2) is 11.4. The summed E-state index contributed by atoms with van der Waals surface area (Å²) in [7, 11) is -4.11. The fraction of sp³-hybridized carbons (Fsp3) is 0.0645. The fourth-order valence-corrected chi connectivity index (χ4v) is 5.80. The Hall–Kier alpha value is -6.14. The van der Waals surface area contributed by atoms with E-state index >= 15 is 0 Å². The highest BCUT2D eigenvalue weighted by Gasteiger charge is 2.23. The van der Waals surface area contributed by atoms with E-state index in [1.807, 2.05) is 6.07 Å². The molecule has 6 aromatic rings. The van der Waals surface area contributed by atoms with Gasteiger partial charge in [0, 0.05) is 17.0 Å². The molecule has 0 aliphatic carbocycles. The number of carbonyl (C=O) groups excluding carboxylic acids is 1. The van der Waals surface area contributed by atoms with Crippen molar-refractivity contribution in [3.63, 3.8) is 0 Å². The van der Waals surface area contributed by atoms with Gasteiger partial charge in [-0.3, -0.25) is 9.52 Å². The van der Waals surface area contributed by atoms with Gasteiger partial charge in [-0.25, -0.2) is 23.4 Å². The lowest BCUT2D eigenvalue weighted by Crippen LogP contribution is -2.15. The number of hydrogen-bond donors (Lipinski definition) is 3. The number of nitriles is 1. The molecule has 0 radical (unpaired) electrons. The first kappa shape index (κ1) is 29.9. The van der Waals surface area contributed by atoms with Gasteiger partial charge in [-0.2, -0.15) is 18.8 Å². The molecule has 0 amide bonds. The molecule has 4 heterocycles. The summed E-state index contributed by atoms with van der Waals surface area (Å²) in [5, 5.41) is 13.6. The summed E-state index contributed by atoms with van der Waals surface area (Å²) in [5.74, 6) is -2.88. The number of aromatic amines is 1. The summed E-state index contributed by atoms with van der Waals surface area (Å²) in [5.41, 5.74) is 8.79. The van der Waals surface area contributed by atoms with Gasteiger partial charge < -0.3 is 15.5 Å². The van der Waals surface area contributed by atoms with E-state index in [1.54, 1.807) is 32.0 Å². The van der Waals surface area contributed by atoms with Crippen molar-refractivity contribution in [2.45, 2.75) is 18.9 Å². The second-order valence-electron chi connectivity index (χ2n) is 10.2. The summed E-state index contributed by atoms with van der Waals surface area (Å²) >= 11 is 0. The Morgan fingerprint density at radius 3 is 2.50 bits per heavy atom. The molecule has 0 unspecified atom stereocenters. The summed E-state index contributed by atoms with van der Waals surface area (Å²) in [4.78, 5) is 24.5. The van der Waals surface area contributed by atoms with Crippen LogP contribution in [0.5, 0.6) is 11.6 Å². The Kier molecular flexibility index (Phi) is 7.42. The molecule has 0 saturated heterocycles. The van der Waals surface area contributed by atoms with Crippen LogP contribution in [0.15, 0.2) is 78.1 Å². The largest absolute Gasteiger partial charge is 0.433 e. The van der Waals surface area contributed by atoms with Crippen LogP contribution in [0.3, 0.4) is 0 Å². The molecule has 0 atom stereocenters. The van der Waals surface area contributed by atoms with Gasteiger partial charge in [-0.05, 0) is 67.4 Å². The highest BCUT2D eigenvalue weighted by Crippen LogP contribution is 2.30. The van der Waals surface area contributed by atoms with Crippen molar-refractivity contribution in [1.29, 1.82) is 5.26 Å². The van der Waals surface area contributed by atoms with Crippen molar-refractivity contribution in [2.75, 3.05) is 10.5 Å². The van der Waals surface area contributed by atoms with Crippen LogP contribution in [0.4, 0.5) is 20.3 Å². The average Bonchev–Trinajstić information content (AvgIpc) is 3.61. The molecule has 12 nitrogen and oxygen atoms in total. The average molecular weight is 641 g/mol. The van der Waals surface area contributed by atoms with Gasteiger partial charge >= 0.3 is 0 Å². The fourth-order valence-electron chi connectivity index (χ4n) is 4.71. The maximum Gasteiger partial charge on any atom is 0.279 e. The van der Waals surface area contributed by atoms with Crippen LogP contribution >= 0.6 is 0 Å². The van der Waals surface area contributed by atoms with Crippen molar-refractivity contribution in [3.05, 3.63) is 113 Å². The zero-order chi connectivity index (χ0) is 32.7. The third-order valence-electron chi connectivity index (χ3n) is 7.03. The van der Waals surface area contributed by atoms with Crippen molar-refractivity contribution in [1.82, 2.24) is 24.7 Å². The quantitative estimate of drug-likeness (QED) is 0.186. The Labute approximate surface area is 260 Å². The normalized spacial score (nSPS) is 11.4. The summed E-state index contributed by atoms with van der Waals surface area (Å²) in [6, 6.07) is 15.6. The standard InChI is InChI=1S/C31H22F2N8O4S/c1-16-9-18-11-25(39-24(18)12-23(16)40-46(43,44)28-8-3-5-19(13-34)38-28)29(42)20-14-37-41(31(20)35)26-15-36-27(10-17(26)2)45-30-21(32)6-4-7-22(30)33/h3-12,14-15,39-40H,35H2,1-2H3. The van der Waals surface area contributed by atoms with Crippen molar-refractivity contribution < 1.29 is 26.7 Å². The van der Waals surface area contributed by atoms with Gasteiger partial charge in [0.25, 0.3) is 10.0 Å². The number of rotatable bonds is 8. The number of carbonyl (C=O) groups is 1. The monoisotopic (exact) mass is 640 g/mol. The lowest BCUT2D eigenvalue weighted by molar-refractivity contribution is 0.103. The molecule has 6 rings (SSSR count). The number of nitrogens with two attached hydrogens (primary N) is 1. The number of nitrogen functional groups attached to an aromatic ring is 1. The number of fused-ring (bicyclic) bond motifs is 1. The number of halogens is 2. The third kappa shape index (κ3) is 5.48. The number of H-pyrrole nitrogens is 1. The molecule has 4 N–H and O–H groups in total. The van der Waals surface area contributed by atoms with Gasteiger partial charge in [0.2, 0.25) is 17.4 Å². The molecule has 0 bridgehead atoms. The van der Waals surface area contributed by atoms with Gasteiger partial charge in [-0.1, -0.05) is 12.1 Å². The van der Waals surface area contributed by atoms with E-state index in [0.717, 1.165) is 12.1 Å². The zero-order valence-corrected chi connectivity index (χ0v) is 24.9. The molecule has 0 spiro atoms. The number of nitrogens with zero attached hydrogens (tertiary/aromatic N) is 5. The van der Waals surface area contributed by atoms with Crippen LogP contribution in [0.25, 0.3) is 16.6 Å². The summed E-state index contributed by atoms with van der Waals surface area (Å²) in [6.07, 6.45) is 2.65. The zero-order valence-electron chi connectivity index (χ0n) is 24.0. The predicted octanol–water partition coefficient (Wildman–Crippen LogP) is 5.32. The SMILES string of the molecule is Cc1cc2cc(C(=O)c3cnn(-c4cnc(Oc5c(F)cccc5F)cc4C)c3N)[nH]c2cc1NS(=O)(=O)c1cccc(C#N)n1. The molecule has 4 aromatic heterocycles. The van der Waals surface area contributed by atoms with Crippen LogP contribution in [-0.4, -0.2) is 38.9 Å². The van der Waals surface area contributed by atoms with Crippen LogP contribution in [0.2, 0.25) is 0 Å². The number of aryl methyl sites for hydroxylation is 2. The number of sulfonamides is 1. The lowest BCUT2D eigenvalue weighted by Gasteiger charge is -2.11. The summed E-state index contributed by atoms with van der Waals surface area (Å²) < 4.78 is 63.0. The van der Waals surface area contributed by atoms with Crippen LogP contribution < -0.4 is 15.2 Å². The van der Waals surface area contributed by atoms with Gasteiger partial charge in [0.1, 0.15) is 17.6 Å². The number of hydrogen-bond acceptors (Lipinski definition) is 9. The number of nitrogens with one attached hydrogen (secondary N) is 2. The first-order valence-corrected chi connectivity index (χ1v) is 14.9. The van der Waals surface area contributed by atoms with E-state index < -0.39 is 33.2 Å². The molecule has 15 heteroatoms. The highest BCUT2D eigenvalue weighted by atomic mass is 32.2. The topological polar surface area (TPSA) is 182 Å². The maximum atomic E-state index is 14.0. The van der Waals surface area contributed by atoms with Crippen molar-refractivity contribution >= 4 is 38.2 Å². The molecule has 2 aromatic carbocycles. The minimum Gasteiger partial charge on any atom is -0.433 e. The number of aromatic nitrogens is 5. The molecule has 0 aliphatic heterocycles. The Morgan fingerprint density at radius 1 is 1.04 bits per heavy atom. The summed E-state index contributed by atoms with van der Waals surface area (Å²) in [6.45, 7) is 3.39. The van der Waals surface area contributed by atoms with Gasteiger partial charge in [0.15, 0.2) is 16.7 Å². The predicted molar refractivity (Wildman–Crippen MR) is 163 cm³/mol. The molecule has 46 heavy (non-hydrogen) atoms. The van der Waals surface area contributed by atoms with Crippen molar-refractivity contribution in [3.8, 4) is 23.4 Å². The van der Waals surface area contributed by atoms with Gasteiger partial charge in [0.05, 0.1) is 35.0 Å². The minimum atomic E-state index is -4.11. The van der Waals surface area contributed by atoms with Gasteiger partial charge in [-0.15, -0.1) is 0 Å². The molecule has 0 fully saturated rings. The van der Waals surface area contributed by atoms with E-state index in [4.69, 9.17) is 15.7 Å². The first-order chi connectivity index (χ1) is 21.9. The van der Waals surface area contributed by atoms with E-state index in [2.05, 4.69) is 24.8 Å². The number of para-hydroxylation sites is 1. The maximum absolute atomic E-state index is 14.0. The van der Waals surface area contributed by atoms with E-state index in [9.17, 15) is 22.0 Å². The van der Waals surface area contributed by atoms with E-state index in [0.29, 0.717) is 27.7 Å². The first-order valence-electron chi connectivity index (χ1n) is 13.5. The molecule has 0 saturated carbocycles.